The molecule has 0 aliphatic heterocycles. The van der Waals surface area contributed by atoms with Crippen molar-refractivity contribution in [3.05, 3.63) is 87.9 Å². The van der Waals surface area contributed by atoms with E-state index < -0.39 is 22.5 Å². The molecule has 0 atom stereocenters. The number of nitrogens with one attached hydrogen (secondary N) is 1. The number of carbonyl (C=O) groups is 1. The Morgan fingerprint density at radius 3 is 2.16 bits per heavy atom. The molecule has 0 aliphatic rings. The van der Waals surface area contributed by atoms with Crippen molar-refractivity contribution in [2.45, 2.75) is 18.2 Å². The van der Waals surface area contributed by atoms with Gasteiger partial charge in [-0.1, -0.05) is 53.0 Å². The summed E-state index contributed by atoms with van der Waals surface area (Å²) in [5.41, 5.74) is 2.36. The van der Waals surface area contributed by atoms with Gasteiger partial charge in [0.05, 0.1) is 23.1 Å². The van der Waals surface area contributed by atoms with Gasteiger partial charge in [0.25, 0.3) is 10.0 Å². The quantitative estimate of drug-likeness (QED) is 0.495. The number of benzene rings is 3. The number of nitriles is 1. The van der Waals surface area contributed by atoms with Gasteiger partial charge in [0, 0.05) is 15.7 Å². The molecular weight excluding hydrogens is 469 g/mol. The van der Waals surface area contributed by atoms with E-state index in [-0.39, 0.29) is 27.0 Å². The van der Waals surface area contributed by atoms with E-state index in [0.29, 0.717) is 5.69 Å². The summed E-state index contributed by atoms with van der Waals surface area (Å²) in [6.07, 6.45) is 0.256. The first-order chi connectivity index (χ1) is 15.2. The third kappa shape index (κ3) is 5.80. The van der Waals surface area contributed by atoms with Gasteiger partial charge in [0.15, 0.2) is 0 Å². The predicted molar refractivity (Wildman–Crippen MR) is 127 cm³/mol. The molecule has 3 rings (SSSR count). The maximum absolute atomic E-state index is 13.4. The molecule has 0 fully saturated rings. The summed E-state index contributed by atoms with van der Waals surface area (Å²) in [5.74, 6) is -0.551. The summed E-state index contributed by atoms with van der Waals surface area (Å²) >= 11 is 12.2. The van der Waals surface area contributed by atoms with E-state index in [9.17, 15) is 13.2 Å². The molecule has 0 radical (unpaired) electrons. The number of hydrogen-bond donors (Lipinski definition) is 1. The molecule has 9 heteroatoms. The Bertz CT molecular complexity index is 1250. The van der Waals surface area contributed by atoms with Gasteiger partial charge in [-0.2, -0.15) is 5.26 Å². The monoisotopic (exact) mass is 487 g/mol. The zero-order valence-corrected chi connectivity index (χ0v) is 19.4. The Labute approximate surface area is 197 Å². The van der Waals surface area contributed by atoms with Crippen LogP contribution >= 0.6 is 23.2 Å². The fraction of sp³-hybridized carbons (Fsp3) is 0.130. The van der Waals surface area contributed by atoms with Crippen LogP contribution in [-0.2, 0) is 21.2 Å². The van der Waals surface area contributed by atoms with Gasteiger partial charge in [-0.3, -0.25) is 9.10 Å². The van der Waals surface area contributed by atoms with Gasteiger partial charge in [-0.25, -0.2) is 8.42 Å². The fourth-order valence-corrected chi connectivity index (χ4v) is 4.88. The minimum absolute atomic E-state index is 0.0351. The van der Waals surface area contributed by atoms with Crippen LogP contribution in [0.4, 0.5) is 11.4 Å². The number of rotatable bonds is 7. The van der Waals surface area contributed by atoms with Gasteiger partial charge in [0.2, 0.25) is 5.91 Å². The average molecular weight is 488 g/mol. The fourth-order valence-electron chi connectivity index (χ4n) is 2.96. The van der Waals surface area contributed by atoms with E-state index in [2.05, 4.69) is 11.4 Å². The van der Waals surface area contributed by atoms with Crippen LogP contribution in [-0.4, -0.2) is 20.9 Å². The van der Waals surface area contributed by atoms with Gasteiger partial charge in [0.1, 0.15) is 6.54 Å². The SMILES string of the molecule is Cc1ccc(S(=O)(=O)N(CC(=O)Nc2ccc(CC#N)cc2)c2cc(Cl)cc(Cl)c2)cc1. The molecule has 0 saturated heterocycles. The van der Waals surface area contributed by atoms with Crippen LogP contribution in [0.5, 0.6) is 0 Å². The summed E-state index contributed by atoms with van der Waals surface area (Å²) < 4.78 is 27.8. The number of aryl methyl sites for hydroxylation is 1. The van der Waals surface area contributed by atoms with Crippen LogP contribution in [0.15, 0.2) is 71.6 Å². The highest BCUT2D eigenvalue weighted by Crippen LogP contribution is 2.30. The first-order valence-corrected chi connectivity index (χ1v) is 11.7. The van der Waals surface area contributed by atoms with E-state index in [0.717, 1.165) is 15.4 Å². The lowest BCUT2D eigenvalue weighted by atomic mass is 10.1. The minimum Gasteiger partial charge on any atom is -0.325 e. The molecule has 1 N–H and O–H groups in total. The maximum Gasteiger partial charge on any atom is 0.264 e. The summed E-state index contributed by atoms with van der Waals surface area (Å²) in [5, 5.41) is 11.9. The molecule has 3 aromatic rings. The van der Waals surface area contributed by atoms with Crippen molar-refractivity contribution in [3.8, 4) is 6.07 Å². The van der Waals surface area contributed by atoms with Crippen LogP contribution in [0, 0.1) is 18.3 Å². The summed E-state index contributed by atoms with van der Waals surface area (Å²) in [6.45, 7) is 1.35. The lowest BCUT2D eigenvalue weighted by Crippen LogP contribution is -2.38. The average Bonchev–Trinajstić information content (AvgIpc) is 2.73. The molecule has 3 aromatic carbocycles. The molecule has 0 aliphatic carbocycles. The van der Waals surface area contributed by atoms with Crippen LogP contribution in [0.2, 0.25) is 10.0 Å². The van der Waals surface area contributed by atoms with Crippen LogP contribution in [0.25, 0.3) is 0 Å². The Morgan fingerprint density at radius 2 is 1.59 bits per heavy atom. The van der Waals surface area contributed by atoms with E-state index in [1.807, 2.05) is 6.92 Å². The first-order valence-electron chi connectivity index (χ1n) is 9.50. The molecule has 0 bridgehead atoms. The number of amides is 1. The molecule has 0 saturated carbocycles. The molecule has 164 valence electrons. The van der Waals surface area contributed by atoms with Crippen LogP contribution in [0.1, 0.15) is 11.1 Å². The van der Waals surface area contributed by atoms with Gasteiger partial charge in [-0.15, -0.1) is 0 Å². The van der Waals surface area contributed by atoms with E-state index in [4.69, 9.17) is 28.5 Å². The maximum atomic E-state index is 13.4. The number of carbonyl (C=O) groups excluding carboxylic acids is 1. The second-order valence-electron chi connectivity index (χ2n) is 7.03. The first kappa shape index (κ1) is 23.6. The molecule has 0 heterocycles. The number of sulfonamides is 1. The molecular formula is C23H19Cl2N3O3S. The largest absolute Gasteiger partial charge is 0.325 e. The molecule has 0 unspecified atom stereocenters. The van der Waals surface area contributed by atoms with Gasteiger partial charge < -0.3 is 5.32 Å². The van der Waals surface area contributed by atoms with Crippen molar-refractivity contribution >= 4 is 50.5 Å². The second kappa shape index (κ2) is 10.0. The summed E-state index contributed by atoms with van der Waals surface area (Å²) in [7, 11) is -4.09. The highest BCUT2D eigenvalue weighted by molar-refractivity contribution is 7.92. The zero-order chi connectivity index (χ0) is 23.3. The lowest BCUT2D eigenvalue weighted by Gasteiger charge is -2.24. The van der Waals surface area contributed by atoms with Crippen molar-refractivity contribution in [3.63, 3.8) is 0 Å². The van der Waals surface area contributed by atoms with Crippen LogP contribution in [0.3, 0.4) is 0 Å². The Hall–Kier alpha value is -3.05. The minimum atomic E-state index is -4.09. The van der Waals surface area contributed by atoms with E-state index in [1.165, 1.54) is 30.3 Å². The molecule has 0 aromatic heterocycles. The predicted octanol–water partition coefficient (Wildman–Crippen LogP) is 5.20. The van der Waals surface area contributed by atoms with Gasteiger partial charge >= 0.3 is 0 Å². The van der Waals surface area contributed by atoms with Crippen LogP contribution < -0.4 is 9.62 Å². The molecule has 1 amide bonds. The molecule has 6 nitrogen and oxygen atoms in total. The van der Waals surface area contributed by atoms with Crippen molar-refractivity contribution < 1.29 is 13.2 Å². The third-order valence-electron chi connectivity index (χ3n) is 4.55. The Kier molecular flexibility index (Phi) is 7.41. The number of hydrogen-bond acceptors (Lipinski definition) is 4. The standard InChI is InChI=1S/C23H19Cl2N3O3S/c1-16-2-8-22(9-3-16)32(30,31)28(21-13-18(24)12-19(25)14-21)15-23(29)27-20-6-4-17(5-7-20)10-11-26/h2-9,12-14H,10,15H2,1H3,(H,27,29). The van der Waals surface area contributed by atoms with E-state index >= 15 is 0 Å². The summed E-state index contributed by atoms with van der Waals surface area (Å²) in [6, 6.07) is 19.5. The van der Waals surface area contributed by atoms with Crippen molar-refractivity contribution in [2.75, 3.05) is 16.2 Å². The molecule has 32 heavy (non-hydrogen) atoms. The third-order valence-corrected chi connectivity index (χ3v) is 6.78. The normalized spacial score (nSPS) is 10.9. The zero-order valence-electron chi connectivity index (χ0n) is 17.0. The number of halogens is 2. The van der Waals surface area contributed by atoms with Crippen molar-refractivity contribution in [1.82, 2.24) is 0 Å². The number of nitrogens with zero attached hydrogens (tertiary/aromatic N) is 2. The smallest absolute Gasteiger partial charge is 0.264 e. The van der Waals surface area contributed by atoms with E-state index in [1.54, 1.807) is 36.4 Å². The van der Waals surface area contributed by atoms with Gasteiger partial charge in [-0.05, 0) is 55.0 Å². The Morgan fingerprint density at radius 1 is 1.00 bits per heavy atom. The van der Waals surface area contributed by atoms with Crippen molar-refractivity contribution in [1.29, 1.82) is 5.26 Å². The lowest BCUT2D eigenvalue weighted by molar-refractivity contribution is -0.114. The highest BCUT2D eigenvalue weighted by atomic mass is 35.5. The Balaban J connectivity index is 1.92. The molecule has 0 spiro atoms. The summed E-state index contributed by atoms with van der Waals surface area (Å²) in [4.78, 5) is 12.8. The second-order valence-corrected chi connectivity index (χ2v) is 9.77. The topological polar surface area (TPSA) is 90.3 Å². The number of anilines is 2. The highest BCUT2D eigenvalue weighted by Gasteiger charge is 2.28. The van der Waals surface area contributed by atoms with Crippen molar-refractivity contribution in [2.24, 2.45) is 0 Å².